The van der Waals surface area contributed by atoms with Crippen LogP contribution in [0.4, 0.5) is 0 Å². The maximum Gasteiger partial charge on any atom is 0.285 e. The smallest absolute Gasteiger partial charge is 0.285 e. The summed E-state index contributed by atoms with van der Waals surface area (Å²) in [4.78, 5) is 11.1. The van der Waals surface area contributed by atoms with Gasteiger partial charge in [-0.2, -0.15) is 0 Å². The Labute approximate surface area is 91.5 Å². The van der Waals surface area contributed by atoms with E-state index in [9.17, 15) is 4.79 Å². The molecule has 0 unspecified atom stereocenters. The lowest BCUT2D eigenvalue weighted by Gasteiger charge is -2.01. The summed E-state index contributed by atoms with van der Waals surface area (Å²) >= 11 is 6.00. The lowest BCUT2D eigenvalue weighted by molar-refractivity contribution is 0.0975. The molecular formula is C11H8ClNO2. The first-order valence-corrected chi connectivity index (χ1v) is 4.70. The summed E-state index contributed by atoms with van der Waals surface area (Å²) in [6, 6.07) is 8.87. The average Bonchev–Trinajstić information content (AvgIpc) is 2.67. The van der Waals surface area contributed by atoms with Gasteiger partial charge in [0.25, 0.3) is 5.91 Å². The third-order valence-electron chi connectivity index (χ3n) is 2.05. The highest BCUT2D eigenvalue weighted by atomic mass is 35.5. The highest BCUT2D eigenvalue weighted by molar-refractivity contribution is 6.33. The van der Waals surface area contributed by atoms with Gasteiger partial charge in [0.1, 0.15) is 0 Å². The van der Waals surface area contributed by atoms with Crippen LogP contribution in [0.1, 0.15) is 10.6 Å². The van der Waals surface area contributed by atoms with Gasteiger partial charge in [0.2, 0.25) is 0 Å². The Bertz CT molecular complexity index is 505. The fraction of sp³-hybridized carbons (Fsp3) is 0. The summed E-state index contributed by atoms with van der Waals surface area (Å²) in [5.41, 5.74) is 6.53. The maximum atomic E-state index is 11.1. The van der Waals surface area contributed by atoms with Gasteiger partial charge in [0, 0.05) is 16.1 Å². The van der Waals surface area contributed by atoms with E-state index in [2.05, 4.69) is 0 Å². The van der Waals surface area contributed by atoms with Crippen LogP contribution in [0.3, 0.4) is 0 Å². The predicted octanol–water partition coefficient (Wildman–Crippen LogP) is 2.70. The molecule has 1 aromatic carbocycles. The molecule has 3 nitrogen and oxygen atoms in total. The van der Waals surface area contributed by atoms with E-state index in [-0.39, 0.29) is 5.76 Å². The van der Waals surface area contributed by atoms with Crippen molar-refractivity contribution in [2.45, 2.75) is 0 Å². The number of carbonyl (C=O) groups excluding carboxylic acids is 1. The fourth-order valence-corrected chi connectivity index (χ4v) is 1.63. The van der Waals surface area contributed by atoms with Crippen molar-refractivity contribution < 1.29 is 9.21 Å². The van der Waals surface area contributed by atoms with Crippen LogP contribution in [0.2, 0.25) is 5.02 Å². The molecule has 0 bridgehead atoms. The second kappa shape index (κ2) is 3.79. The number of nitrogens with two attached hydrogens (primary N) is 1. The average molecular weight is 222 g/mol. The zero-order valence-corrected chi connectivity index (χ0v) is 8.49. The number of rotatable bonds is 2. The van der Waals surface area contributed by atoms with Crippen LogP contribution in [0.25, 0.3) is 11.1 Å². The number of carbonyl (C=O) groups is 1. The van der Waals surface area contributed by atoms with Gasteiger partial charge in [-0.1, -0.05) is 29.8 Å². The molecule has 0 aliphatic carbocycles. The molecule has 1 heterocycles. The van der Waals surface area contributed by atoms with Crippen molar-refractivity contribution >= 4 is 17.5 Å². The number of hydrogen-bond acceptors (Lipinski definition) is 2. The summed E-state index contributed by atoms with van der Waals surface area (Å²) in [5, 5.41) is 0.557. The standard InChI is InChI=1S/C11H8ClNO2/c12-9-4-2-1-3-7(9)8-5-6-15-10(8)11(13)14/h1-6H,(H2,13,14). The van der Waals surface area contributed by atoms with Crippen LogP contribution in [-0.4, -0.2) is 5.91 Å². The van der Waals surface area contributed by atoms with Gasteiger partial charge in [-0.05, 0) is 12.1 Å². The molecule has 1 amide bonds. The first-order chi connectivity index (χ1) is 7.20. The predicted molar refractivity (Wildman–Crippen MR) is 57.7 cm³/mol. The molecule has 2 N–H and O–H groups in total. The van der Waals surface area contributed by atoms with Crippen LogP contribution in [0.15, 0.2) is 41.0 Å². The molecule has 2 rings (SSSR count). The zero-order valence-electron chi connectivity index (χ0n) is 7.74. The highest BCUT2D eigenvalue weighted by Gasteiger charge is 2.15. The van der Waals surface area contributed by atoms with E-state index in [0.29, 0.717) is 10.6 Å². The van der Waals surface area contributed by atoms with Crippen LogP contribution in [0, 0.1) is 0 Å². The number of furan rings is 1. The lowest BCUT2D eigenvalue weighted by atomic mass is 10.1. The van der Waals surface area contributed by atoms with Crippen LogP contribution in [0.5, 0.6) is 0 Å². The minimum Gasteiger partial charge on any atom is -0.459 e. The van der Waals surface area contributed by atoms with E-state index in [1.165, 1.54) is 6.26 Å². The molecule has 0 saturated heterocycles. The van der Waals surface area contributed by atoms with E-state index >= 15 is 0 Å². The van der Waals surface area contributed by atoms with E-state index in [4.69, 9.17) is 21.8 Å². The van der Waals surface area contributed by atoms with Crippen molar-refractivity contribution in [1.82, 2.24) is 0 Å². The summed E-state index contributed by atoms with van der Waals surface area (Å²) < 4.78 is 5.00. The molecule has 0 spiro atoms. The van der Waals surface area contributed by atoms with Crippen molar-refractivity contribution in [2.75, 3.05) is 0 Å². The zero-order chi connectivity index (χ0) is 10.8. The normalized spacial score (nSPS) is 10.2. The number of benzene rings is 1. The van der Waals surface area contributed by atoms with Gasteiger partial charge in [-0.3, -0.25) is 4.79 Å². The van der Waals surface area contributed by atoms with Crippen molar-refractivity contribution in [3.05, 3.63) is 47.4 Å². The van der Waals surface area contributed by atoms with Gasteiger partial charge < -0.3 is 10.2 Å². The van der Waals surface area contributed by atoms with Crippen molar-refractivity contribution in [2.24, 2.45) is 5.73 Å². The number of halogens is 1. The Kier molecular flexibility index (Phi) is 2.47. The second-order valence-electron chi connectivity index (χ2n) is 3.01. The van der Waals surface area contributed by atoms with Crippen molar-refractivity contribution in [3.8, 4) is 11.1 Å². The molecule has 2 aromatic rings. The Morgan fingerprint density at radius 2 is 1.93 bits per heavy atom. The Balaban J connectivity index is 2.59. The molecule has 1 aromatic heterocycles. The van der Waals surface area contributed by atoms with Gasteiger partial charge in [0.15, 0.2) is 5.76 Å². The van der Waals surface area contributed by atoms with Gasteiger partial charge in [-0.15, -0.1) is 0 Å². The van der Waals surface area contributed by atoms with E-state index < -0.39 is 5.91 Å². The van der Waals surface area contributed by atoms with Crippen molar-refractivity contribution in [3.63, 3.8) is 0 Å². The second-order valence-corrected chi connectivity index (χ2v) is 3.41. The number of primary amides is 1. The molecule has 0 atom stereocenters. The van der Waals surface area contributed by atoms with Gasteiger partial charge in [-0.25, -0.2) is 0 Å². The molecule has 4 heteroatoms. The van der Waals surface area contributed by atoms with E-state index in [1.807, 2.05) is 12.1 Å². The SMILES string of the molecule is NC(=O)c1occc1-c1ccccc1Cl. The van der Waals surface area contributed by atoms with Crippen LogP contribution >= 0.6 is 11.6 Å². The van der Waals surface area contributed by atoms with Crippen LogP contribution in [-0.2, 0) is 0 Å². The molecular weight excluding hydrogens is 214 g/mol. The first-order valence-electron chi connectivity index (χ1n) is 4.32. The van der Waals surface area contributed by atoms with E-state index in [1.54, 1.807) is 18.2 Å². The Morgan fingerprint density at radius 3 is 2.60 bits per heavy atom. The third kappa shape index (κ3) is 1.74. The lowest BCUT2D eigenvalue weighted by Crippen LogP contribution is -2.10. The molecule has 0 aliphatic rings. The summed E-state index contributed by atoms with van der Waals surface area (Å²) in [7, 11) is 0. The molecule has 76 valence electrons. The fourth-order valence-electron chi connectivity index (χ4n) is 1.39. The molecule has 15 heavy (non-hydrogen) atoms. The van der Waals surface area contributed by atoms with Gasteiger partial charge in [0.05, 0.1) is 6.26 Å². The minimum atomic E-state index is -0.602. The maximum absolute atomic E-state index is 11.1. The molecule has 0 aliphatic heterocycles. The molecule has 0 saturated carbocycles. The summed E-state index contributed by atoms with van der Waals surface area (Å²) in [6.45, 7) is 0. The minimum absolute atomic E-state index is 0.128. The summed E-state index contributed by atoms with van der Waals surface area (Å²) in [6.07, 6.45) is 1.42. The van der Waals surface area contributed by atoms with Gasteiger partial charge >= 0.3 is 0 Å². The largest absolute Gasteiger partial charge is 0.459 e. The molecule has 0 radical (unpaired) electrons. The first kappa shape index (κ1) is 9.80. The number of amides is 1. The quantitative estimate of drug-likeness (QED) is 0.848. The van der Waals surface area contributed by atoms with Crippen LogP contribution < -0.4 is 5.73 Å². The van der Waals surface area contributed by atoms with E-state index in [0.717, 1.165) is 5.56 Å². The third-order valence-corrected chi connectivity index (χ3v) is 2.38. The topological polar surface area (TPSA) is 56.2 Å². The highest BCUT2D eigenvalue weighted by Crippen LogP contribution is 2.30. The Morgan fingerprint density at radius 1 is 1.20 bits per heavy atom. The molecule has 0 fully saturated rings. The summed E-state index contributed by atoms with van der Waals surface area (Å²) in [5.74, 6) is -0.474. The van der Waals surface area contributed by atoms with Crippen molar-refractivity contribution in [1.29, 1.82) is 0 Å². The Hall–Kier alpha value is -1.74. The number of hydrogen-bond donors (Lipinski definition) is 1. The monoisotopic (exact) mass is 221 g/mol.